The highest BCUT2D eigenvalue weighted by molar-refractivity contribution is 6.33. The summed E-state index contributed by atoms with van der Waals surface area (Å²) in [7, 11) is 1.20. The normalized spacial score (nSPS) is 10.4. The number of rotatable bonds is 9. The number of aldehydes is 1. The van der Waals surface area contributed by atoms with E-state index in [2.05, 4.69) is 15.3 Å². The van der Waals surface area contributed by atoms with Crippen molar-refractivity contribution >= 4 is 41.3 Å². The van der Waals surface area contributed by atoms with Gasteiger partial charge in [0, 0.05) is 11.3 Å². The number of halogens is 1. The van der Waals surface area contributed by atoms with E-state index in [1.165, 1.54) is 7.11 Å². The van der Waals surface area contributed by atoms with E-state index in [1.807, 2.05) is 6.92 Å². The Morgan fingerprint density at radius 1 is 1.09 bits per heavy atom. The van der Waals surface area contributed by atoms with Gasteiger partial charge in [-0.1, -0.05) is 42.8 Å². The Bertz CT molecular complexity index is 1170. The summed E-state index contributed by atoms with van der Waals surface area (Å²) in [6.45, 7) is 2.31. The number of nitrogens with zero attached hydrogens (tertiary/aromatic N) is 2. The number of ether oxygens (including phenoxy) is 2. The van der Waals surface area contributed by atoms with Crippen molar-refractivity contribution in [1.82, 2.24) is 9.97 Å². The summed E-state index contributed by atoms with van der Waals surface area (Å²) in [5.41, 5.74) is 1.61. The molecule has 1 aromatic heterocycles. The van der Waals surface area contributed by atoms with E-state index in [9.17, 15) is 14.4 Å². The van der Waals surface area contributed by atoms with Gasteiger partial charge in [0.05, 0.1) is 25.2 Å². The molecule has 0 unspecified atom stereocenters. The molecule has 0 aliphatic rings. The lowest BCUT2D eigenvalue weighted by molar-refractivity contribution is -0.142. The fourth-order valence-electron chi connectivity index (χ4n) is 3.00. The summed E-state index contributed by atoms with van der Waals surface area (Å²) in [4.78, 5) is 44.6. The maximum absolute atomic E-state index is 12.4. The summed E-state index contributed by atoms with van der Waals surface area (Å²) in [5, 5.41) is 3.43. The molecular weight excluding hydrogens is 446 g/mol. The summed E-state index contributed by atoms with van der Waals surface area (Å²) in [6.07, 6.45) is 1.37. The molecule has 1 N–H and O–H groups in total. The lowest BCUT2D eigenvalue weighted by atomic mass is 10.1. The van der Waals surface area contributed by atoms with Gasteiger partial charge in [0.1, 0.15) is 17.1 Å². The van der Waals surface area contributed by atoms with Gasteiger partial charge in [0.15, 0.2) is 12.1 Å². The zero-order valence-electron chi connectivity index (χ0n) is 18.1. The molecule has 0 spiro atoms. The first kappa shape index (κ1) is 23.9. The number of hydrogen-bond donors (Lipinski definition) is 1. The molecule has 0 saturated heterocycles. The predicted molar refractivity (Wildman–Crippen MR) is 124 cm³/mol. The van der Waals surface area contributed by atoms with Crippen LogP contribution in [-0.2, 0) is 20.7 Å². The molecule has 0 saturated carbocycles. The minimum absolute atomic E-state index is 0.0870. The van der Waals surface area contributed by atoms with Crippen molar-refractivity contribution in [3.63, 3.8) is 0 Å². The van der Waals surface area contributed by atoms with Crippen LogP contribution < -0.4 is 5.32 Å². The van der Waals surface area contributed by atoms with E-state index < -0.39 is 5.97 Å². The van der Waals surface area contributed by atoms with Crippen LogP contribution in [0.4, 0.5) is 11.5 Å². The molecule has 2 aromatic carbocycles. The Morgan fingerprint density at radius 3 is 2.45 bits per heavy atom. The molecule has 0 aliphatic carbocycles. The van der Waals surface area contributed by atoms with Crippen LogP contribution in [0.1, 0.15) is 39.8 Å². The number of hydrogen-bond acceptors (Lipinski definition) is 8. The number of carbonyl (C=O) groups excluding carboxylic acids is 3. The molecule has 0 fully saturated rings. The zero-order chi connectivity index (χ0) is 23.8. The molecule has 0 aliphatic heterocycles. The second-order valence-corrected chi connectivity index (χ2v) is 7.37. The predicted octanol–water partition coefficient (Wildman–Crippen LogP) is 4.64. The average molecular weight is 468 g/mol. The minimum atomic E-state index is -0.763. The van der Waals surface area contributed by atoms with Crippen molar-refractivity contribution < 1.29 is 23.9 Å². The second kappa shape index (κ2) is 11.2. The zero-order valence-corrected chi connectivity index (χ0v) is 18.9. The molecule has 33 heavy (non-hydrogen) atoms. The van der Waals surface area contributed by atoms with Crippen LogP contribution in [0.15, 0.2) is 48.5 Å². The smallest absolute Gasteiger partial charge is 0.344 e. The summed E-state index contributed by atoms with van der Waals surface area (Å²) >= 11 is 6.27. The first-order valence-corrected chi connectivity index (χ1v) is 10.6. The first-order chi connectivity index (χ1) is 16.0. The van der Waals surface area contributed by atoms with Crippen LogP contribution in [0, 0.1) is 0 Å². The molecule has 170 valence electrons. The standard InChI is InChI=1S/C24H22ClN3O5/c1-3-12-33-20(30)13-15-8-10-16(11-9-15)26-23-21(24(31)32-2)19(14-29)27-22(28-23)17-6-4-5-7-18(17)25/h4-11,14H,3,12-13H2,1-2H3,(H,26,27,28). The molecule has 1 heterocycles. The van der Waals surface area contributed by atoms with Gasteiger partial charge in [-0.05, 0) is 36.2 Å². The van der Waals surface area contributed by atoms with Crippen LogP contribution >= 0.6 is 11.6 Å². The van der Waals surface area contributed by atoms with Gasteiger partial charge in [-0.15, -0.1) is 0 Å². The van der Waals surface area contributed by atoms with E-state index in [1.54, 1.807) is 48.5 Å². The highest BCUT2D eigenvalue weighted by atomic mass is 35.5. The van der Waals surface area contributed by atoms with Crippen LogP contribution in [0.25, 0.3) is 11.4 Å². The van der Waals surface area contributed by atoms with E-state index in [0.717, 1.165) is 12.0 Å². The number of esters is 2. The third-order valence-electron chi connectivity index (χ3n) is 4.59. The topological polar surface area (TPSA) is 107 Å². The highest BCUT2D eigenvalue weighted by Crippen LogP contribution is 2.29. The molecule has 0 bridgehead atoms. The maximum atomic E-state index is 12.4. The Kier molecular flexibility index (Phi) is 8.10. The lowest BCUT2D eigenvalue weighted by Gasteiger charge is -2.14. The monoisotopic (exact) mass is 467 g/mol. The Labute approximate surface area is 195 Å². The van der Waals surface area contributed by atoms with Gasteiger partial charge in [-0.2, -0.15) is 0 Å². The second-order valence-electron chi connectivity index (χ2n) is 6.96. The number of benzene rings is 2. The summed E-state index contributed by atoms with van der Waals surface area (Å²) < 4.78 is 9.93. The fraction of sp³-hybridized carbons (Fsp3) is 0.208. The SMILES string of the molecule is CCCOC(=O)Cc1ccc(Nc2nc(-c3ccccc3Cl)nc(C=O)c2C(=O)OC)cc1. The first-order valence-electron chi connectivity index (χ1n) is 10.2. The summed E-state index contributed by atoms with van der Waals surface area (Å²) in [6, 6.07) is 13.9. The number of anilines is 2. The van der Waals surface area contributed by atoms with Gasteiger partial charge in [-0.25, -0.2) is 14.8 Å². The number of methoxy groups -OCH3 is 1. The Hall–Kier alpha value is -3.78. The Morgan fingerprint density at radius 2 is 1.82 bits per heavy atom. The van der Waals surface area contributed by atoms with E-state index in [0.29, 0.717) is 29.2 Å². The molecule has 0 radical (unpaired) electrons. The third kappa shape index (κ3) is 5.93. The van der Waals surface area contributed by atoms with Crippen LogP contribution in [0.5, 0.6) is 0 Å². The minimum Gasteiger partial charge on any atom is -0.465 e. The number of aromatic nitrogens is 2. The van der Waals surface area contributed by atoms with Crippen LogP contribution in [0.2, 0.25) is 5.02 Å². The van der Waals surface area contributed by atoms with Crippen LogP contribution in [0.3, 0.4) is 0 Å². The largest absolute Gasteiger partial charge is 0.465 e. The quantitative estimate of drug-likeness (QED) is 0.358. The van der Waals surface area contributed by atoms with Gasteiger partial charge in [-0.3, -0.25) is 9.59 Å². The van der Waals surface area contributed by atoms with Gasteiger partial charge in [0.2, 0.25) is 0 Å². The summed E-state index contributed by atoms with van der Waals surface area (Å²) in [5.74, 6) is -0.806. The van der Waals surface area contributed by atoms with Crippen molar-refractivity contribution in [2.45, 2.75) is 19.8 Å². The molecule has 0 atom stereocenters. The molecule has 0 amide bonds. The average Bonchev–Trinajstić information content (AvgIpc) is 2.83. The van der Waals surface area contributed by atoms with Gasteiger partial charge in [0.25, 0.3) is 0 Å². The van der Waals surface area contributed by atoms with E-state index in [4.69, 9.17) is 21.1 Å². The van der Waals surface area contributed by atoms with E-state index >= 15 is 0 Å². The van der Waals surface area contributed by atoms with E-state index in [-0.39, 0.29) is 35.3 Å². The highest BCUT2D eigenvalue weighted by Gasteiger charge is 2.23. The molecule has 3 rings (SSSR count). The molecule has 8 nitrogen and oxygen atoms in total. The number of carbonyl (C=O) groups is 3. The van der Waals surface area contributed by atoms with Gasteiger partial charge < -0.3 is 14.8 Å². The van der Waals surface area contributed by atoms with Crippen LogP contribution in [-0.4, -0.2) is 41.9 Å². The van der Waals surface area contributed by atoms with Crippen molar-refractivity contribution in [2.24, 2.45) is 0 Å². The fourth-order valence-corrected chi connectivity index (χ4v) is 3.22. The molecule has 3 aromatic rings. The third-order valence-corrected chi connectivity index (χ3v) is 4.91. The van der Waals surface area contributed by atoms with Crippen molar-refractivity contribution in [1.29, 1.82) is 0 Å². The van der Waals surface area contributed by atoms with Crippen molar-refractivity contribution in [3.05, 3.63) is 70.4 Å². The lowest BCUT2D eigenvalue weighted by Crippen LogP contribution is -2.14. The van der Waals surface area contributed by atoms with Crippen molar-refractivity contribution in [2.75, 3.05) is 19.0 Å². The molecule has 9 heteroatoms. The van der Waals surface area contributed by atoms with Crippen molar-refractivity contribution in [3.8, 4) is 11.4 Å². The Balaban J connectivity index is 1.96. The number of nitrogens with one attached hydrogen (secondary N) is 1. The molecular formula is C24H22ClN3O5. The maximum Gasteiger partial charge on any atom is 0.344 e. The van der Waals surface area contributed by atoms with Gasteiger partial charge >= 0.3 is 11.9 Å².